The van der Waals surface area contributed by atoms with Crippen LogP contribution >= 0.6 is 21.6 Å². The molecule has 0 atom stereocenters. The van der Waals surface area contributed by atoms with Crippen molar-refractivity contribution in [1.29, 1.82) is 0 Å². The lowest BCUT2D eigenvalue weighted by atomic mass is 9.91. The number of carbonyl (C=O) groups is 1. The van der Waals surface area contributed by atoms with Crippen LogP contribution in [0.1, 0.15) is 77.0 Å². The van der Waals surface area contributed by atoms with Crippen LogP contribution in [0, 0.1) is 0 Å². The zero-order valence-electron chi connectivity index (χ0n) is 16.3. The van der Waals surface area contributed by atoms with Gasteiger partial charge in [-0.3, -0.25) is 4.79 Å². The van der Waals surface area contributed by atoms with Gasteiger partial charge in [-0.05, 0) is 55.0 Å². The molecule has 2 N–H and O–H groups in total. The molecule has 0 aliphatic heterocycles. The quantitative estimate of drug-likeness (QED) is 0.409. The largest absolute Gasteiger partial charge is 0.481 e. The topological polar surface area (TPSA) is 62.2 Å². The number of aliphatic carboxylic acids is 1. The molecule has 27 heavy (non-hydrogen) atoms. The maximum atomic E-state index is 10.2. The molecule has 2 fully saturated rings. The van der Waals surface area contributed by atoms with Crippen LogP contribution in [-0.4, -0.2) is 33.9 Å². The molecule has 2 saturated carbocycles. The third kappa shape index (κ3) is 11.0. The number of hydrogen-bond acceptors (Lipinski definition) is 5. The number of aromatic nitrogens is 1. The number of nitrogens with one attached hydrogen (secondary N) is 1. The van der Waals surface area contributed by atoms with Crippen molar-refractivity contribution < 1.29 is 9.90 Å². The maximum absolute atomic E-state index is 10.2. The van der Waals surface area contributed by atoms with Gasteiger partial charge in [0.25, 0.3) is 0 Å². The van der Waals surface area contributed by atoms with Gasteiger partial charge in [-0.1, -0.05) is 55.4 Å². The van der Waals surface area contributed by atoms with Crippen LogP contribution in [0.25, 0.3) is 0 Å². The monoisotopic (exact) mass is 410 g/mol. The highest BCUT2D eigenvalue weighted by Crippen LogP contribution is 2.29. The van der Waals surface area contributed by atoms with Gasteiger partial charge >= 0.3 is 5.97 Å². The first kappa shape index (κ1) is 22.6. The molecule has 0 spiro atoms. The molecule has 1 aromatic rings. The molecule has 152 valence electrons. The van der Waals surface area contributed by atoms with E-state index in [0.29, 0.717) is 6.42 Å². The molecule has 6 heteroatoms. The lowest BCUT2D eigenvalue weighted by molar-refractivity contribution is -0.137. The van der Waals surface area contributed by atoms with Crippen LogP contribution in [0.5, 0.6) is 0 Å². The number of nitrogens with zero attached hydrogens (tertiary/aromatic N) is 1. The molecule has 4 nitrogen and oxygen atoms in total. The van der Waals surface area contributed by atoms with Crippen LogP contribution in [0.15, 0.2) is 29.4 Å². The third-order valence-corrected chi connectivity index (χ3v) is 7.43. The second-order valence-corrected chi connectivity index (χ2v) is 9.84. The number of rotatable bonds is 8. The Morgan fingerprint density at radius 3 is 2.19 bits per heavy atom. The fraction of sp³-hybridized carbons (Fsp3) is 0.714. The average molecular weight is 411 g/mol. The molecule has 0 saturated heterocycles. The Morgan fingerprint density at radius 2 is 1.67 bits per heavy atom. The van der Waals surface area contributed by atoms with Gasteiger partial charge in [0, 0.05) is 30.5 Å². The van der Waals surface area contributed by atoms with Crippen molar-refractivity contribution in [2.75, 3.05) is 5.75 Å². The Hall–Kier alpha value is -0.720. The Bertz CT molecular complexity index is 488. The van der Waals surface area contributed by atoms with Crippen molar-refractivity contribution in [3.63, 3.8) is 0 Å². The van der Waals surface area contributed by atoms with E-state index >= 15 is 0 Å². The van der Waals surface area contributed by atoms with E-state index in [0.717, 1.165) is 22.9 Å². The normalized spacial score (nSPS) is 18.5. The summed E-state index contributed by atoms with van der Waals surface area (Å²) in [5, 5.41) is 13.2. The second kappa shape index (κ2) is 14.3. The lowest BCUT2D eigenvalue weighted by Crippen LogP contribution is -2.40. The predicted octanol–water partition coefficient (Wildman–Crippen LogP) is 5.93. The van der Waals surface area contributed by atoms with E-state index < -0.39 is 5.97 Å². The summed E-state index contributed by atoms with van der Waals surface area (Å²) >= 11 is 0. The molecular formula is C21H34N2O2S2. The Labute approximate surface area is 172 Å². The third-order valence-electron chi connectivity index (χ3n) is 5.08. The van der Waals surface area contributed by atoms with E-state index in [9.17, 15) is 4.79 Å². The van der Waals surface area contributed by atoms with E-state index in [1.165, 1.54) is 64.2 Å². The Kier molecular flexibility index (Phi) is 12.0. The highest BCUT2D eigenvalue weighted by atomic mass is 33.1. The lowest BCUT2D eigenvalue weighted by Gasteiger charge is -2.30. The summed E-state index contributed by atoms with van der Waals surface area (Å²) in [5.41, 5.74) is 0. The molecule has 2 aliphatic carbocycles. The standard InChI is InChI=1S/C12H23N.C9H11NO2S2/c1-3-7-11(8-4-1)13-12-9-5-2-6-10-12;11-9(12)5-3-7-13-14-8-4-1-2-6-10-8/h11-13H,1-10H2;1-2,4,6H,3,5,7H2,(H,11,12). The summed E-state index contributed by atoms with van der Waals surface area (Å²) in [5.74, 6) is 0.113. The molecule has 2 aliphatic rings. The van der Waals surface area contributed by atoms with Crippen LogP contribution < -0.4 is 5.32 Å². The molecule has 0 radical (unpaired) electrons. The summed E-state index contributed by atoms with van der Waals surface area (Å²) in [6.45, 7) is 0. The van der Waals surface area contributed by atoms with Gasteiger partial charge in [0.1, 0.15) is 5.03 Å². The van der Waals surface area contributed by atoms with Crippen molar-refractivity contribution in [1.82, 2.24) is 10.3 Å². The first-order valence-corrected chi connectivity index (χ1v) is 12.7. The van der Waals surface area contributed by atoms with Crippen LogP contribution in [0.3, 0.4) is 0 Å². The minimum atomic E-state index is -0.728. The number of pyridine rings is 1. The van der Waals surface area contributed by atoms with Crippen molar-refractivity contribution in [3.8, 4) is 0 Å². The molecule has 0 bridgehead atoms. The predicted molar refractivity (Wildman–Crippen MR) is 116 cm³/mol. The van der Waals surface area contributed by atoms with Gasteiger partial charge in [0.15, 0.2) is 0 Å². The summed E-state index contributed by atoms with van der Waals surface area (Å²) in [6, 6.07) is 7.50. The number of carboxylic acids is 1. The number of carboxylic acid groups (broad SMARTS) is 1. The Balaban J connectivity index is 0.000000194. The van der Waals surface area contributed by atoms with E-state index in [-0.39, 0.29) is 6.42 Å². The highest BCUT2D eigenvalue weighted by molar-refractivity contribution is 8.76. The van der Waals surface area contributed by atoms with Gasteiger partial charge in [-0.2, -0.15) is 0 Å². The average Bonchev–Trinajstić information content (AvgIpc) is 2.70. The van der Waals surface area contributed by atoms with E-state index in [1.54, 1.807) is 27.8 Å². The van der Waals surface area contributed by atoms with Crippen molar-refractivity contribution in [2.45, 2.75) is 94.2 Å². The smallest absolute Gasteiger partial charge is 0.303 e. The van der Waals surface area contributed by atoms with Gasteiger partial charge in [0.2, 0.25) is 0 Å². The first-order chi connectivity index (χ1) is 13.2. The molecular weight excluding hydrogens is 376 g/mol. The zero-order chi connectivity index (χ0) is 19.2. The number of hydrogen-bond donors (Lipinski definition) is 2. The highest BCUT2D eigenvalue weighted by Gasteiger charge is 2.19. The van der Waals surface area contributed by atoms with Gasteiger partial charge < -0.3 is 10.4 Å². The molecule has 1 aromatic heterocycles. The fourth-order valence-corrected chi connectivity index (χ4v) is 5.62. The second-order valence-electron chi connectivity index (χ2n) is 7.41. The van der Waals surface area contributed by atoms with E-state index in [4.69, 9.17) is 5.11 Å². The van der Waals surface area contributed by atoms with Crippen molar-refractivity contribution >= 4 is 27.6 Å². The van der Waals surface area contributed by atoms with E-state index in [1.807, 2.05) is 18.2 Å². The maximum Gasteiger partial charge on any atom is 0.303 e. The van der Waals surface area contributed by atoms with Crippen LogP contribution in [0.4, 0.5) is 0 Å². The fourth-order valence-electron chi connectivity index (χ4n) is 3.65. The summed E-state index contributed by atoms with van der Waals surface area (Å²) in [7, 11) is 3.22. The van der Waals surface area contributed by atoms with Crippen molar-refractivity contribution in [2.24, 2.45) is 0 Å². The molecule has 0 unspecified atom stereocenters. The Morgan fingerprint density at radius 1 is 1.04 bits per heavy atom. The summed E-state index contributed by atoms with van der Waals surface area (Å²) in [6.07, 6.45) is 17.3. The molecule has 1 heterocycles. The SMILES string of the molecule is C1CCC(NC2CCCCC2)CC1.O=C(O)CCCSSc1ccccn1. The molecule has 0 aromatic carbocycles. The van der Waals surface area contributed by atoms with Gasteiger partial charge in [-0.15, -0.1) is 0 Å². The minimum absolute atomic E-state index is 0.246. The minimum Gasteiger partial charge on any atom is -0.481 e. The van der Waals surface area contributed by atoms with Crippen LogP contribution in [0.2, 0.25) is 0 Å². The van der Waals surface area contributed by atoms with Gasteiger partial charge in [-0.25, -0.2) is 4.98 Å². The summed E-state index contributed by atoms with van der Waals surface area (Å²) in [4.78, 5) is 14.3. The van der Waals surface area contributed by atoms with Gasteiger partial charge in [0.05, 0.1) is 0 Å². The molecule has 3 rings (SSSR count). The van der Waals surface area contributed by atoms with E-state index in [2.05, 4.69) is 10.3 Å². The summed E-state index contributed by atoms with van der Waals surface area (Å²) < 4.78 is 0. The van der Waals surface area contributed by atoms with Crippen LogP contribution in [-0.2, 0) is 4.79 Å². The molecule has 0 amide bonds. The zero-order valence-corrected chi connectivity index (χ0v) is 17.9. The van der Waals surface area contributed by atoms with Crippen molar-refractivity contribution in [3.05, 3.63) is 24.4 Å². The first-order valence-electron chi connectivity index (χ1n) is 10.4.